The second-order valence-corrected chi connectivity index (χ2v) is 4.85. The minimum absolute atomic E-state index is 0.0401. The van der Waals surface area contributed by atoms with Crippen molar-refractivity contribution in [1.82, 2.24) is 0 Å². The molecule has 0 unspecified atom stereocenters. The van der Waals surface area contributed by atoms with Crippen LogP contribution in [-0.2, 0) is 0 Å². The second-order valence-electron chi connectivity index (χ2n) is 4.01. The van der Waals surface area contributed by atoms with Crippen LogP contribution in [0, 0.1) is 5.82 Å². The smallest absolute Gasteiger partial charge is 0.168 e. The SMILES string of the molecule is C[C@@H](O)c1cccc(F)c1Oc1ccc(Cl)cc1Cl. The van der Waals surface area contributed by atoms with Crippen molar-refractivity contribution in [1.29, 1.82) is 0 Å². The highest BCUT2D eigenvalue weighted by molar-refractivity contribution is 6.35. The Morgan fingerprint density at radius 3 is 2.58 bits per heavy atom. The molecule has 0 saturated heterocycles. The van der Waals surface area contributed by atoms with Crippen molar-refractivity contribution >= 4 is 23.2 Å². The standard InChI is InChI=1S/C14H11Cl2FO2/c1-8(18)10-3-2-4-12(17)14(10)19-13-6-5-9(15)7-11(13)16/h2-8,18H,1H3/t8-/m1/s1. The van der Waals surface area contributed by atoms with E-state index in [0.29, 0.717) is 10.6 Å². The Labute approximate surface area is 120 Å². The quantitative estimate of drug-likeness (QED) is 0.866. The van der Waals surface area contributed by atoms with Crippen molar-refractivity contribution in [3.05, 3.63) is 57.8 Å². The third kappa shape index (κ3) is 3.18. The molecular formula is C14H11Cl2FO2. The van der Waals surface area contributed by atoms with Gasteiger partial charge in [0.15, 0.2) is 11.6 Å². The average molecular weight is 301 g/mol. The summed E-state index contributed by atoms with van der Waals surface area (Å²) in [6.45, 7) is 1.53. The monoisotopic (exact) mass is 300 g/mol. The van der Waals surface area contributed by atoms with Crippen LogP contribution < -0.4 is 4.74 Å². The molecular weight excluding hydrogens is 290 g/mol. The number of benzene rings is 2. The fourth-order valence-corrected chi connectivity index (χ4v) is 2.08. The third-order valence-corrected chi connectivity index (χ3v) is 3.08. The number of ether oxygens (including phenoxy) is 1. The van der Waals surface area contributed by atoms with Gasteiger partial charge in [0.2, 0.25) is 0 Å². The van der Waals surface area contributed by atoms with Gasteiger partial charge in [0.25, 0.3) is 0 Å². The summed E-state index contributed by atoms with van der Waals surface area (Å²) in [6.07, 6.45) is -0.850. The van der Waals surface area contributed by atoms with Gasteiger partial charge < -0.3 is 9.84 Å². The van der Waals surface area contributed by atoms with Gasteiger partial charge in [0, 0.05) is 10.6 Å². The fourth-order valence-electron chi connectivity index (χ4n) is 1.63. The average Bonchev–Trinajstić information content (AvgIpc) is 2.34. The van der Waals surface area contributed by atoms with E-state index in [-0.39, 0.29) is 16.5 Å². The van der Waals surface area contributed by atoms with Crippen molar-refractivity contribution in [2.45, 2.75) is 13.0 Å². The number of aliphatic hydroxyl groups is 1. The Kier molecular flexibility index (Phi) is 4.30. The fraction of sp³-hybridized carbons (Fsp3) is 0.143. The number of hydrogen-bond donors (Lipinski definition) is 1. The maximum absolute atomic E-state index is 13.8. The van der Waals surface area contributed by atoms with Crippen molar-refractivity contribution in [3.8, 4) is 11.5 Å². The molecule has 0 heterocycles. The molecule has 0 saturated carbocycles. The van der Waals surface area contributed by atoms with Gasteiger partial charge in [-0.1, -0.05) is 35.3 Å². The van der Waals surface area contributed by atoms with Crippen molar-refractivity contribution in [2.75, 3.05) is 0 Å². The first-order valence-electron chi connectivity index (χ1n) is 5.58. The molecule has 0 spiro atoms. The summed E-state index contributed by atoms with van der Waals surface area (Å²) >= 11 is 11.7. The molecule has 1 N–H and O–H groups in total. The predicted octanol–water partition coefficient (Wildman–Crippen LogP) is 4.98. The highest BCUT2D eigenvalue weighted by Crippen LogP contribution is 2.36. The second kappa shape index (κ2) is 5.78. The highest BCUT2D eigenvalue weighted by Gasteiger charge is 2.16. The molecule has 0 fully saturated rings. The van der Waals surface area contributed by atoms with Crippen LogP contribution in [0.15, 0.2) is 36.4 Å². The van der Waals surface area contributed by atoms with Crippen molar-refractivity contribution in [2.24, 2.45) is 0 Å². The molecule has 19 heavy (non-hydrogen) atoms. The summed E-state index contributed by atoms with van der Waals surface area (Å²) < 4.78 is 19.3. The van der Waals surface area contributed by atoms with E-state index < -0.39 is 11.9 Å². The van der Waals surface area contributed by atoms with Crippen LogP contribution in [0.5, 0.6) is 11.5 Å². The Balaban J connectivity index is 2.43. The lowest BCUT2D eigenvalue weighted by molar-refractivity contribution is 0.194. The molecule has 0 aromatic heterocycles. The molecule has 1 atom stereocenters. The topological polar surface area (TPSA) is 29.5 Å². The lowest BCUT2D eigenvalue weighted by atomic mass is 10.1. The summed E-state index contributed by atoms with van der Waals surface area (Å²) in [6, 6.07) is 8.99. The molecule has 0 bridgehead atoms. The van der Waals surface area contributed by atoms with Crippen LogP contribution >= 0.6 is 23.2 Å². The van der Waals surface area contributed by atoms with Crippen LogP contribution in [-0.4, -0.2) is 5.11 Å². The predicted molar refractivity (Wildman–Crippen MR) is 73.6 cm³/mol. The number of hydrogen-bond acceptors (Lipinski definition) is 2. The van der Waals surface area contributed by atoms with Crippen LogP contribution in [0.25, 0.3) is 0 Å². The van der Waals surface area contributed by atoms with Crippen LogP contribution in [0.1, 0.15) is 18.6 Å². The van der Waals surface area contributed by atoms with Gasteiger partial charge in [-0.05, 0) is 31.2 Å². The molecule has 0 aliphatic heterocycles. The molecule has 2 rings (SSSR count). The van der Waals surface area contributed by atoms with Gasteiger partial charge in [-0.2, -0.15) is 0 Å². The Bertz CT molecular complexity index is 600. The molecule has 0 aliphatic rings. The molecule has 0 aliphatic carbocycles. The Morgan fingerprint density at radius 2 is 1.95 bits per heavy atom. The molecule has 5 heteroatoms. The first kappa shape index (κ1) is 14.1. The molecule has 2 nitrogen and oxygen atoms in total. The normalized spacial score (nSPS) is 12.3. The summed E-state index contributed by atoms with van der Waals surface area (Å²) in [7, 11) is 0. The first-order valence-corrected chi connectivity index (χ1v) is 6.34. The van der Waals surface area contributed by atoms with E-state index in [1.54, 1.807) is 18.2 Å². The zero-order valence-electron chi connectivity index (χ0n) is 10.0. The Hall–Kier alpha value is -1.29. The van der Waals surface area contributed by atoms with Crippen LogP contribution in [0.4, 0.5) is 4.39 Å². The van der Waals surface area contributed by atoms with Gasteiger partial charge in [0.05, 0.1) is 11.1 Å². The first-order chi connectivity index (χ1) is 8.99. The lowest BCUT2D eigenvalue weighted by Gasteiger charge is -2.14. The largest absolute Gasteiger partial charge is 0.452 e. The minimum Gasteiger partial charge on any atom is -0.452 e. The van der Waals surface area contributed by atoms with Crippen molar-refractivity contribution < 1.29 is 14.2 Å². The third-order valence-electron chi connectivity index (χ3n) is 2.55. The molecule has 0 amide bonds. The number of aliphatic hydroxyl groups excluding tert-OH is 1. The zero-order valence-corrected chi connectivity index (χ0v) is 11.5. The molecule has 0 radical (unpaired) electrons. The molecule has 100 valence electrons. The summed E-state index contributed by atoms with van der Waals surface area (Å²) in [4.78, 5) is 0. The van der Waals surface area contributed by atoms with Gasteiger partial charge in [-0.15, -0.1) is 0 Å². The van der Waals surface area contributed by atoms with E-state index in [9.17, 15) is 9.50 Å². The van der Waals surface area contributed by atoms with E-state index in [2.05, 4.69) is 0 Å². The van der Waals surface area contributed by atoms with E-state index in [4.69, 9.17) is 27.9 Å². The molecule has 2 aromatic carbocycles. The molecule has 2 aromatic rings. The highest BCUT2D eigenvalue weighted by atomic mass is 35.5. The Morgan fingerprint density at radius 1 is 1.21 bits per heavy atom. The maximum Gasteiger partial charge on any atom is 0.168 e. The van der Waals surface area contributed by atoms with Gasteiger partial charge in [-0.3, -0.25) is 0 Å². The lowest BCUT2D eigenvalue weighted by Crippen LogP contribution is -1.99. The summed E-state index contributed by atoms with van der Waals surface area (Å²) in [5.74, 6) is -0.329. The maximum atomic E-state index is 13.8. The van der Waals surface area contributed by atoms with Gasteiger partial charge in [0.1, 0.15) is 5.75 Å². The summed E-state index contributed by atoms with van der Waals surface area (Å²) in [5, 5.41) is 10.4. The van der Waals surface area contributed by atoms with Crippen LogP contribution in [0.2, 0.25) is 10.0 Å². The minimum atomic E-state index is -0.850. The van der Waals surface area contributed by atoms with E-state index in [1.807, 2.05) is 0 Å². The van der Waals surface area contributed by atoms with Crippen molar-refractivity contribution in [3.63, 3.8) is 0 Å². The van der Waals surface area contributed by atoms with Gasteiger partial charge >= 0.3 is 0 Å². The number of rotatable bonds is 3. The van der Waals surface area contributed by atoms with Gasteiger partial charge in [-0.25, -0.2) is 4.39 Å². The van der Waals surface area contributed by atoms with Crippen LogP contribution in [0.3, 0.4) is 0 Å². The number of para-hydroxylation sites is 1. The van der Waals surface area contributed by atoms with E-state index in [1.165, 1.54) is 25.1 Å². The van der Waals surface area contributed by atoms with E-state index in [0.717, 1.165) is 0 Å². The summed E-state index contributed by atoms with van der Waals surface area (Å²) in [5.41, 5.74) is 0.353. The zero-order chi connectivity index (χ0) is 14.0. The van der Waals surface area contributed by atoms with E-state index >= 15 is 0 Å². The number of halogens is 3.